The van der Waals surface area contributed by atoms with E-state index in [4.69, 9.17) is 23.2 Å². The van der Waals surface area contributed by atoms with Crippen LogP contribution in [-0.4, -0.2) is 34.3 Å². The number of fused-ring (bicyclic) bond motifs is 2. The van der Waals surface area contributed by atoms with Crippen molar-refractivity contribution >= 4 is 46.7 Å². The van der Waals surface area contributed by atoms with Crippen molar-refractivity contribution in [2.75, 3.05) is 11.9 Å². The fourth-order valence-electron chi connectivity index (χ4n) is 5.72. The number of aliphatic carboxylic acids is 1. The molecule has 0 aliphatic carbocycles. The number of carboxylic acids is 1. The van der Waals surface area contributed by atoms with E-state index in [1.165, 1.54) is 4.90 Å². The minimum absolute atomic E-state index is 0.0501. The van der Waals surface area contributed by atoms with E-state index in [-0.39, 0.29) is 18.2 Å². The molecule has 0 saturated carbocycles. The van der Waals surface area contributed by atoms with Gasteiger partial charge in [0.25, 0.3) is 0 Å². The Kier molecular flexibility index (Phi) is 5.82. The number of halogens is 2. The number of nitrogens with one attached hydrogen (secondary N) is 1. The van der Waals surface area contributed by atoms with Crippen molar-refractivity contribution in [1.82, 2.24) is 4.90 Å². The number of aryl methyl sites for hydroxylation is 1. The number of nitrogens with zero attached hydrogens (tertiary/aromatic N) is 1. The van der Waals surface area contributed by atoms with Gasteiger partial charge in [-0.1, -0.05) is 65.7 Å². The molecule has 178 valence electrons. The highest BCUT2D eigenvalue weighted by Gasteiger charge is 2.63. The summed E-state index contributed by atoms with van der Waals surface area (Å²) in [7, 11) is 0. The first-order valence-electron chi connectivity index (χ1n) is 11.2. The normalized spacial score (nSPS) is 23.3. The van der Waals surface area contributed by atoms with Crippen LogP contribution >= 0.6 is 23.2 Å². The zero-order chi connectivity index (χ0) is 24.9. The van der Waals surface area contributed by atoms with Gasteiger partial charge in [-0.3, -0.25) is 14.4 Å². The van der Waals surface area contributed by atoms with Crippen molar-refractivity contribution in [1.29, 1.82) is 0 Å². The minimum Gasteiger partial charge on any atom is -0.480 e. The summed E-state index contributed by atoms with van der Waals surface area (Å²) in [4.78, 5) is 41.0. The maximum Gasteiger partial charge on any atom is 0.323 e. The largest absolute Gasteiger partial charge is 0.480 e. The molecule has 0 aromatic heterocycles. The number of rotatable bonds is 4. The fraction of sp³-hybridized carbons (Fsp3) is 0.222. The lowest BCUT2D eigenvalue weighted by molar-refractivity contribution is -0.154. The molecule has 0 radical (unpaired) electrons. The molecule has 2 aliphatic rings. The van der Waals surface area contributed by atoms with Crippen molar-refractivity contribution in [2.24, 2.45) is 0 Å². The zero-order valence-electron chi connectivity index (χ0n) is 18.8. The summed E-state index contributed by atoms with van der Waals surface area (Å²) in [5.41, 5.74) is 2.22. The van der Waals surface area contributed by atoms with Gasteiger partial charge >= 0.3 is 5.97 Å². The van der Waals surface area contributed by atoms with E-state index in [2.05, 4.69) is 5.32 Å². The molecule has 3 aromatic rings. The number of hydrogen-bond acceptors (Lipinski definition) is 3. The Labute approximate surface area is 212 Å². The molecule has 2 N–H and O–H groups in total. The van der Waals surface area contributed by atoms with E-state index < -0.39 is 29.9 Å². The molecule has 1 fully saturated rings. The molecular weight excluding hydrogens is 487 g/mol. The third-order valence-corrected chi connectivity index (χ3v) is 7.55. The summed E-state index contributed by atoms with van der Waals surface area (Å²) >= 11 is 12.6. The molecule has 2 aliphatic heterocycles. The number of hydrogen-bond donors (Lipinski definition) is 2. The van der Waals surface area contributed by atoms with Crippen molar-refractivity contribution in [2.45, 2.75) is 30.7 Å². The van der Waals surface area contributed by atoms with Gasteiger partial charge in [0.05, 0.1) is 6.04 Å². The number of anilines is 1. The van der Waals surface area contributed by atoms with Crippen LogP contribution in [0.15, 0.2) is 66.7 Å². The van der Waals surface area contributed by atoms with Crippen molar-refractivity contribution in [3.05, 3.63) is 99.0 Å². The van der Waals surface area contributed by atoms with Crippen LogP contribution < -0.4 is 5.32 Å². The van der Waals surface area contributed by atoms with Crippen molar-refractivity contribution in [3.8, 4) is 0 Å². The first-order valence-corrected chi connectivity index (χ1v) is 11.9. The molecular formula is C27H22Cl2N2O4. The molecule has 5 rings (SSSR count). The quantitative estimate of drug-likeness (QED) is 0.498. The van der Waals surface area contributed by atoms with E-state index in [0.29, 0.717) is 26.9 Å². The lowest BCUT2D eigenvalue weighted by Gasteiger charge is -2.51. The lowest BCUT2D eigenvalue weighted by Crippen LogP contribution is -2.59. The third kappa shape index (κ3) is 3.68. The molecule has 8 heteroatoms. The summed E-state index contributed by atoms with van der Waals surface area (Å²) in [6.07, 6.45) is -0.0501. The fourth-order valence-corrected chi connectivity index (χ4v) is 6.09. The highest BCUT2D eigenvalue weighted by atomic mass is 35.5. The average Bonchev–Trinajstić information content (AvgIpc) is 3.08. The Bertz CT molecular complexity index is 1370. The van der Waals surface area contributed by atoms with Gasteiger partial charge < -0.3 is 15.3 Å². The van der Waals surface area contributed by atoms with Crippen LogP contribution in [0.25, 0.3) is 0 Å². The Balaban J connectivity index is 1.87. The van der Waals surface area contributed by atoms with Gasteiger partial charge in [-0.05, 0) is 53.4 Å². The van der Waals surface area contributed by atoms with Gasteiger partial charge in [-0.15, -0.1) is 0 Å². The van der Waals surface area contributed by atoms with Crippen LogP contribution in [0.2, 0.25) is 10.0 Å². The van der Waals surface area contributed by atoms with Crippen molar-refractivity contribution in [3.63, 3.8) is 0 Å². The summed E-state index contributed by atoms with van der Waals surface area (Å²) < 4.78 is 0. The van der Waals surface area contributed by atoms with Crippen LogP contribution in [-0.2, 0) is 19.8 Å². The second-order valence-electron chi connectivity index (χ2n) is 9.00. The monoisotopic (exact) mass is 508 g/mol. The van der Waals surface area contributed by atoms with Gasteiger partial charge in [0, 0.05) is 28.1 Å². The predicted molar refractivity (Wildman–Crippen MR) is 134 cm³/mol. The highest BCUT2D eigenvalue weighted by molar-refractivity contribution is 6.31. The maximum atomic E-state index is 14.1. The number of amides is 2. The summed E-state index contributed by atoms with van der Waals surface area (Å²) in [6.45, 7) is 1.36. The number of likely N-dealkylation sites (tertiary alicyclic amines) is 1. The Morgan fingerprint density at radius 3 is 2.51 bits per heavy atom. The van der Waals surface area contributed by atoms with Crippen LogP contribution in [0.4, 0.5) is 5.69 Å². The summed E-state index contributed by atoms with van der Waals surface area (Å²) in [6, 6.07) is 18.9. The molecule has 0 unspecified atom stereocenters. The minimum atomic E-state index is -1.31. The van der Waals surface area contributed by atoms with Gasteiger partial charge in [0.1, 0.15) is 12.0 Å². The van der Waals surface area contributed by atoms with E-state index in [9.17, 15) is 19.5 Å². The maximum absolute atomic E-state index is 14.1. The summed E-state index contributed by atoms with van der Waals surface area (Å²) in [5.74, 6) is -2.39. The molecule has 6 nitrogen and oxygen atoms in total. The molecule has 0 bridgehead atoms. The number of benzene rings is 3. The van der Waals surface area contributed by atoms with E-state index in [1.807, 2.05) is 37.3 Å². The number of piperidine rings is 1. The van der Waals surface area contributed by atoms with E-state index in [0.717, 1.165) is 11.1 Å². The van der Waals surface area contributed by atoms with Gasteiger partial charge in [0.2, 0.25) is 11.8 Å². The highest BCUT2D eigenvalue weighted by Crippen LogP contribution is 2.60. The van der Waals surface area contributed by atoms with Gasteiger partial charge in [-0.25, -0.2) is 0 Å². The number of carboxylic acid groups (broad SMARTS) is 1. The number of carbonyl (C=O) groups excluding carboxylic acids is 2. The van der Waals surface area contributed by atoms with Gasteiger partial charge in [0.15, 0.2) is 0 Å². The zero-order valence-corrected chi connectivity index (χ0v) is 20.3. The van der Waals surface area contributed by atoms with E-state index >= 15 is 0 Å². The second kappa shape index (κ2) is 8.70. The van der Waals surface area contributed by atoms with Crippen LogP contribution in [0.5, 0.6) is 0 Å². The first kappa shape index (κ1) is 23.4. The van der Waals surface area contributed by atoms with Crippen molar-refractivity contribution < 1.29 is 19.5 Å². The molecule has 2 heterocycles. The number of carbonyl (C=O) groups is 3. The van der Waals surface area contributed by atoms with Crippen LogP contribution in [0, 0.1) is 6.92 Å². The topological polar surface area (TPSA) is 86.7 Å². The Hall–Kier alpha value is -3.35. The average molecular weight is 509 g/mol. The smallest absolute Gasteiger partial charge is 0.323 e. The Morgan fingerprint density at radius 1 is 1.06 bits per heavy atom. The summed E-state index contributed by atoms with van der Waals surface area (Å²) in [5, 5.41) is 13.7. The predicted octanol–water partition coefficient (Wildman–Crippen LogP) is 5.33. The van der Waals surface area contributed by atoms with Crippen LogP contribution in [0.3, 0.4) is 0 Å². The molecule has 1 spiro atoms. The molecule has 35 heavy (non-hydrogen) atoms. The molecule has 1 saturated heterocycles. The molecule has 3 aromatic carbocycles. The Morgan fingerprint density at radius 2 is 1.80 bits per heavy atom. The van der Waals surface area contributed by atoms with Crippen LogP contribution in [0.1, 0.15) is 40.6 Å². The lowest BCUT2D eigenvalue weighted by atomic mass is 9.58. The van der Waals surface area contributed by atoms with E-state index in [1.54, 1.807) is 36.4 Å². The standard InChI is InChI=1S/C27H22Cl2N2O4/c1-15-5-2-3-8-19(15)25-27(20-10-9-18(29)12-22(20)30-26(27)35)21(16-6-4-7-17(28)11-16)13-23(32)31(25)14-24(33)34/h2-12,21,25H,13-14H2,1H3,(H,30,35)(H,33,34)/t21-,25+,27-/m0/s1. The third-order valence-electron chi connectivity index (χ3n) is 7.08. The van der Waals surface area contributed by atoms with Gasteiger partial charge in [-0.2, -0.15) is 0 Å². The first-order chi connectivity index (χ1) is 16.7. The molecule has 2 amide bonds. The second-order valence-corrected chi connectivity index (χ2v) is 9.87. The SMILES string of the molecule is Cc1ccccc1[C@H]1N(CC(=O)O)C(=O)C[C@@H](c2cccc(Cl)c2)[C@]12C(=O)Nc1cc(Cl)ccc12. The molecule has 3 atom stereocenters.